The average Bonchev–Trinajstić information content (AvgIpc) is 3.14. The zero-order valence-corrected chi connectivity index (χ0v) is 15.7. The van der Waals surface area contributed by atoms with Gasteiger partial charge in [0.15, 0.2) is 0 Å². The molecule has 0 spiro atoms. The predicted octanol–water partition coefficient (Wildman–Crippen LogP) is 3.98. The minimum atomic E-state index is -0.0936. The highest BCUT2D eigenvalue weighted by molar-refractivity contribution is 6.06. The van der Waals surface area contributed by atoms with Crippen molar-refractivity contribution in [2.45, 2.75) is 25.8 Å². The van der Waals surface area contributed by atoms with Gasteiger partial charge in [-0.2, -0.15) is 0 Å². The molecule has 0 aliphatic rings. The normalized spacial score (nSPS) is 12.7. The SMILES string of the molecule is CC(C)c1cc(C(=O)NCC(c2ccco2)N(C)C)c2ccccc2n1. The molecule has 2 aromatic heterocycles. The summed E-state index contributed by atoms with van der Waals surface area (Å²) < 4.78 is 5.51. The summed E-state index contributed by atoms with van der Waals surface area (Å²) in [6.45, 7) is 4.63. The average molecular weight is 351 g/mol. The molecule has 0 bridgehead atoms. The molecule has 1 unspecified atom stereocenters. The van der Waals surface area contributed by atoms with Crippen LogP contribution in [0.1, 0.15) is 47.6 Å². The summed E-state index contributed by atoms with van der Waals surface area (Å²) in [6, 6.07) is 13.4. The Morgan fingerprint density at radius 2 is 1.96 bits per heavy atom. The van der Waals surface area contributed by atoms with Crippen molar-refractivity contribution in [3.05, 3.63) is 65.7 Å². The van der Waals surface area contributed by atoms with Crippen LogP contribution in [0.2, 0.25) is 0 Å². The summed E-state index contributed by atoms with van der Waals surface area (Å²) in [5.74, 6) is 0.991. The van der Waals surface area contributed by atoms with Gasteiger partial charge in [0.1, 0.15) is 5.76 Å². The molecule has 5 nitrogen and oxygen atoms in total. The van der Waals surface area contributed by atoms with E-state index in [4.69, 9.17) is 4.42 Å². The van der Waals surface area contributed by atoms with Crippen molar-refractivity contribution in [3.63, 3.8) is 0 Å². The molecular weight excluding hydrogens is 326 g/mol. The maximum Gasteiger partial charge on any atom is 0.252 e. The fraction of sp³-hybridized carbons (Fsp3) is 0.333. The van der Waals surface area contributed by atoms with Crippen LogP contribution in [0.4, 0.5) is 0 Å². The summed E-state index contributed by atoms with van der Waals surface area (Å²) in [6.07, 6.45) is 1.65. The standard InChI is InChI=1S/C21H25N3O2/c1-14(2)18-12-16(15-8-5-6-9-17(15)23-18)21(25)22-13-19(24(3)4)20-10-7-11-26-20/h5-12,14,19H,13H2,1-4H3,(H,22,25). The summed E-state index contributed by atoms with van der Waals surface area (Å²) in [7, 11) is 3.94. The number of nitrogens with zero attached hydrogens (tertiary/aromatic N) is 2. The van der Waals surface area contributed by atoms with Gasteiger partial charge in [-0.15, -0.1) is 0 Å². The zero-order chi connectivity index (χ0) is 18.7. The second-order valence-electron chi connectivity index (χ2n) is 6.97. The third-order valence-electron chi connectivity index (χ3n) is 4.52. The van der Waals surface area contributed by atoms with E-state index in [1.165, 1.54) is 0 Å². The van der Waals surface area contributed by atoms with Gasteiger partial charge in [0.2, 0.25) is 0 Å². The molecule has 0 fully saturated rings. The smallest absolute Gasteiger partial charge is 0.252 e. The van der Waals surface area contributed by atoms with E-state index in [2.05, 4.69) is 24.1 Å². The Balaban J connectivity index is 1.87. The van der Waals surface area contributed by atoms with Crippen LogP contribution in [0.3, 0.4) is 0 Å². The highest BCUT2D eigenvalue weighted by Gasteiger charge is 2.20. The van der Waals surface area contributed by atoms with Crippen LogP contribution < -0.4 is 5.32 Å². The third-order valence-corrected chi connectivity index (χ3v) is 4.52. The van der Waals surface area contributed by atoms with Crippen LogP contribution in [0.25, 0.3) is 10.9 Å². The van der Waals surface area contributed by atoms with E-state index in [1.54, 1.807) is 6.26 Å². The molecule has 0 saturated carbocycles. The molecule has 26 heavy (non-hydrogen) atoms. The van der Waals surface area contributed by atoms with Gasteiger partial charge in [-0.25, -0.2) is 0 Å². The summed E-state index contributed by atoms with van der Waals surface area (Å²) in [4.78, 5) is 19.7. The molecule has 1 aromatic carbocycles. The molecule has 3 rings (SSSR count). The van der Waals surface area contributed by atoms with Crippen molar-refractivity contribution in [2.24, 2.45) is 0 Å². The van der Waals surface area contributed by atoms with Gasteiger partial charge in [0.25, 0.3) is 5.91 Å². The van der Waals surface area contributed by atoms with Gasteiger partial charge in [-0.3, -0.25) is 14.7 Å². The minimum absolute atomic E-state index is 0.0216. The van der Waals surface area contributed by atoms with E-state index in [0.29, 0.717) is 12.1 Å². The highest BCUT2D eigenvalue weighted by atomic mass is 16.3. The number of carbonyl (C=O) groups excluding carboxylic acids is 1. The maximum atomic E-state index is 12.9. The molecule has 1 atom stereocenters. The number of benzene rings is 1. The Hall–Kier alpha value is -2.66. The quantitative estimate of drug-likeness (QED) is 0.730. The largest absolute Gasteiger partial charge is 0.468 e. The Morgan fingerprint density at radius 3 is 2.62 bits per heavy atom. The molecule has 0 aliphatic heterocycles. The van der Waals surface area contributed by atoms with E-state index in [1.807, 2.05) is 61.5 Å². The fourth-order valence-electron chi connectivity index (χ4n) is 2.98. The third kappa shape index (κ3) is 3.78. The van der Waals surface area contributed by atoms with Crippen molar-refractivity contribution in [1.82, 2.24) is 15.2 Å². The Bertz CT molecular complexity index is 885. The minimum Gasteiger partial charge on any atom is -0.468 e. The monoisotopic (exact) mass is 351 g/mol. The van der Waals surface area contributed by atoms with Crippen molar-refractivity contribution in [3.8, 4) is 0 Å². The number of amides is 1. The number of para-hydroxylation sites is 1. The molecule has 2 heterocycles. The van der Waals surface area contributed by atoms with Crippen molar-refractivity contribution < 1.29 is 9.21 Å². The van der Waals surface area contributed by atoms with E-state index in [0.717, 1.165) is 22.4 Å². The number of likely N-dealkylation sites (N-methyl/N-ethyl adjacent to an activating group) is 1. The van der Waals surface area contributed by atoms with Gasteiger partial charge in [-0.05, 0) is 44.3 Å². The Morgan fingerprint density at radius 1 is 1.19 bits per heavy atom. The fourth-order valence-corrected chi connectivity index (χ4v) is 2.98. The first kappa shape index (κ1) is 18.1. The topological polar surface area (TPSA) is 58.4 Å². The summed E-state index contributed by atoms with van der Waals surface area (Å²) in [5.41, 5.74) is 2.43. The number of fused-ring (bicyclic) bond motifs is 1. The summed E-state index contributed by atoms with van der Waals surface area (Å²) >= 11 is 0. The maximum absolute atomic E-state index is 12.9. The molecule has 5 heteroatoms. The molecule has 0 aliphatic carbocycles. The van der Waals surface area contributed by atoms with Crippen molar-refractivity contribution in [1.29, 1.82) is 0 Å². The zero-order valence-electron chi connectivity index (χ0n) is 15.7. The lowest BCUT2D eigenvalue weighted by Gasteiger charge is -2.23. The van der Waals surface area contributed by atoms with Crippen LogP contribution >= 0.6 is 0 Å². The number of carbonyl (C=O) groups is 1. The van der Waals surface area contributed by atoms with Gasteiger partial charge in [0.05, 0.1) is 23.4 Å². The number of nitrogens with one attached hydrogen (secondary N) is 1. The summed E-state index contributed by atoms with van der Waals surface area (Å²) in [5, 5.41) is 3.93. The molecular formula is C21H25N3O2. The molecule has 3 aromatic rings. The van der Waals surface area contributed by atoms with Gasteiger partial charge in [-0.1, -0.05) is 32.0 Å². The number of hydrogen-bond acceptors (Lipinski definition) is 4. The Kier molecular flexibility index (Phi) is 5.38. The van der Waals surface area contributed by atoms with Crippen LogP contribution in [-0.4, -0.2) is 36.4 Å². The van der Waals surface area contributed by atoms with Gasteiger partial charge >= 0.3 is 0 Å². The Labute approximate surface area is 154 Å². The number of aromatic nitrogens is 1. The lowest BCUT2D eigenvalue weighted by Crippen LogP contribution is -2.34. The molecule has 0 saturated heterocycles. The second-order valence-corrected chi connectivity index (χ2v) is 6.97. The first-order chi connectivity index (χ1) is 12.5. The van der Waals surface area contributed by atoms with E-state index < -0.39 is 0 Å². The second kappa shape index (κ2) is 7.70. The van der Waals surface area contributed by atoms with Crippen molar-refractivity contribution in [2.75, 3.05) is 20.6 Å². The van der Waals surface area contributed by atoms with Crippen LogP contribution in [-0.2, 0) is 0 Å². The van der Waals surface area contributed by atoms with Crippen LogP contribution in [0.15, 0.2) is 53.1 Å². The number of rotatable bonds is 6. The molecule has 1 amide bonds. The molecule has 1 N–H and O–H groups in total. The number of pyridine rings is 1. The number of hydrogen-bond donors (Lipinski definition) is 1. The first-order valence-electron chi connectivity index (χ1n) is 8.85. The molecule has 0 radical (unpaired) electrons. The van der Waals surface area contributed by atoms with E-state index >= 15 is 0 Å². The van der Waals surface area contributed by atoms with Crippen molar-refractivity contribution >= 4 is 16.8 Å². The van der Waals surface area contributed by atoms with E-state index in [-0.39, 0.29) is 17.9 Å². The first-order valence-corrected chi connectivity index (χ1v) is 8.85. The highest BCUT2D eigenvalue weighted by Crippen LogP contribution is 2.23. The number of furan rings is 1. The van der Waals surface area contributed by atoms with Gasteiger partial charge in [0, 0.05) is 17.6 Å². The van der Waals surface area contributed by atoms with E-state index in [9.17, 15) is 4.79 Å². The van der Waals surface area contributed by atoms with Gasteiger partial charge < -0.3 is 9.73 Å². The van der Waals surface area contributed by atoms with Crippen LogP contribution in [0.5, 0.6) is 0 Å². The van der Waals surface area contributed by atoms with Crippen LogP contribution in [0, 0.1) is 0 Å². The molecule has 136 valence electrons. The predicted molar refractivity (Wildman–Crippen MR) is 103 cm³/mol. The lowest BCUT2D eigenvalue weighted by molar-refractivity contribution is 0.0940. The lowest BCUT2D eigenvalue weighted by atomic mass is 10.0.